The smallest absolute Gasteiger partial charge is 0.267 e. The topological polar surface area (TPSA) is 57.9 Å². The number of amides is 1. The quantitative estimate of drug-likeness (QED) is 0.580. The minimum atomic E-state index is -0.210. The first-order valence-electron chi connectivity index (χ1n) is 8.38. The van der Waals surface area contributed by atoms with Crippen LogP contribution in [0.25, 0.3) is 11.7 Å². The van der Waals surface area contributed by atoms with E-state index in [9.17, 15) is 9.59 Å². The van der Waals surface area contributed by atoms with E-state index in [2.05, 4.69) is 11.9 Å². The Morgan fingerprint density at radius 1 is 1.31 bits per heavy atom. The van der Waals surface area contributed by atoms with Crippen molar-refractivity contribution in [2.24, 2.45) is 0 Å². The molecule has 0 saturated carbocycles. The summed E-state index contributed by atoms with van der Waals surface area (Å²) >= 11 is 6.57. The lowest BCUT2D eigenvalue weighted by atomic mass is 10.2. The summed E-state index contributed by atoms with van der Waals surface area (Å²) in [5.41, 5.74) is 0.738. The summed E-state index contributed by atoms with van der Waals surface area (Å²) in [4.78, 5) is 34.1. The SMILES string of the molecule is CCCCN1C(=O)C(=Cc2c(N(C)C)nc3ccccn3c2=O)SC1=S. The fourth-order valence-electron chi connectivity index (χ4n) is 2.70. The van der Waals surface area contributed by atoms with E-state index in [1.165, 1.54) is 16.2 Å². The molecule has 26 heavy (non-hydrogen) atoms. The number of aromatic nitrogens is 2. The molecule has 2 aromatic heterocycles. The van der Waals surface area contributed by atoms with Gasteiger partial charge in [-0.15, -0.1) is 0 Å². The molecule has 8 heteroatoms. The van der Waals surface area contributed by atoms with E-state index in [0.717, 1.165) is 12.8 Å². The van der Waals surface area contributed by atoms with Gasteiger partial charge in [-0.3, -0.25) is 18.9 Å². The fraction of sp³-hybridized carbons (Fsp3) is 0.333. The van der Waals surface area contributed by atoms with Crippen molar-refractivity contribution in [3.8, 4) is 0 Å². The maximum atomic E-state index is 13.0. The maximum absolute atomic E-state index is 13.0. The van der Waals surface area contributed by atoms with E-state index in [-0.39, 0.29) is 11.5 Å². The van der Waals surface area contributed by atoms with Gasteiger partial charge in [-0.25, -0.2) is 4.98 Å². The van der Waals surface area contributed by atoms with Crippen molar-refractivity contribution in [3.63, 3.8) is 0 Å². The molecule has 2 aromatic rings. The predicted molar refractivity (Wildman–Crippen MR) is 111 cm³/mol. The Morgan fingerprint density at radius 3 is 2.77 bits per heavy atom. The van der Waals surface area contributed by atoms with Crippen LogP contribution < -0.4 is 10.5 Å². The van der Waals surface area contributed by atoms with Crippen LogP contribution in [0.1, 0.15) is 25.3 Å². The number of carbonyl (C=O) groups is 1. The number of pyridine rings is 1. The Kier molecular flexibility index (Phi) is 5.43. The molecule has 136 valence electrons. The number of thiocarbonyl (C=S) groups is 1. The molecular formula is C18H20N4O2S2. The highest BCUT2D eigenvalue weighted by molar-refractivity contribution is 8.26. The van der Waals surface area contributed by atoms with Crippen LogP contribution in [0, 0.1) is 0 Å². The zero-order valence-electron chi connectivity index (χ0n) is 14.9. The number of nitrogens with zero attached hydrogens (tertiary/aromatic N) is 4. The lowest BCUT2D eigenvalue weighted by Gasteiger charge is -2.15. The van der Waals surface area contributed by atoms with E-state index in [1.54, 1.807) is 34.2 Å². The zero-order chi connectivity index (χ0) is 18.8. The first-order valence-corrected chi connectivity index (χ1v) is 9.60. The molecule has 0 spiro atoms. The van der Waals surface area contributed by atoms with Gasteiger partial charge in [-0.05, 0) is 24.6 Å². The third-order valence-electron chi connectivity index (χ3n) is 4.06. The first kappa shape index (κ1) is 18.6. The summed E-state index contributed by atoms with van der Waals surface area (Å²) in [6.45, 7) is 2.67. The second-order valence-electron chi connectivity index (χ2n) is 6.16. The van der Waals surface area contributed by atoms with Crippen LogP contribution in [0.4, 0.5) is 5.82 Å². The van der Waals surface area contributed by atoms with E-state index in [0.29, 0.717) is 32.8 Å². The molecule has 0 atom stereocenters. The monoisotopic (exact) mass is 388 g/mol. The summed E-state index contributed by atoms with van der Waals surface area (Å²) in [6, 6.07) is 5.39. The largest absolute Gasteiger partial charge is 0.362 e. The zero-order valence-corrected chi connectivity index (χ0v) is 16.6. The van der Waals surface area contributed by atoms with Gasteiger partial charge in [-0.1, -0.05) is 43.4 Å². The number of hydrogen-bond donors (Lipinski definition) is 0. The molecule has 0 N–H and O–H groups in total. The number of carbonyl (C=O) groups excluding carboxylic acids is 1. The minimum Gasteiger partial charge on any atom is -0.362 e. The number of hydrogen-bond acceptors (Lipinski definition) is 6. The van der Waals surface area contributed by atoms with Crippen molar-refractivity contribution < 1.29 is 4.79 Å². The highest BCUT2D eigenvalue weighted by atomic mass is 32.2. The fourth-order valence-corrected chi connectivity index (χ4v) is 3.99. The van der Waals surface area contributed by atoms with Gasteiger partial charge in [0.05, 0.1) is 10.5 Å². The molecule has 0 aromatic carbocycles. The summed E-state index contributed by atoms with van der Waals surface area (Å²) in [6.07, 6.45) is 5.17. The summed E-state index contributed by atoms with van der Waals surface area (Å²) < 4.78 is 2.02. The summed E-state index contributed by atoms with van der Waals surface area (Å²) in [7, 11) is 3.65. The molecule has 1 amide bonds. The van der Waals surface area contributed by atoms with E-state index in [4.69, 9.17) is 12.2 Å². The van der Waals surface area contributed by atoms with Crippen molar-refractivity contribution in [1.29, 1.82) is 0 Å². The molecule has 1 aliphatic heterocycles. The van der Waals surface area contributed by atoms with Crippen LogP contribution in [0.15, 0.2) is 34.1 Å². The van der Waals surface area contributed by atoms with Crippen molar-refractivity contribution >= 4 is 51.7 Å². The van der Waals surface area contributed by atoms with Gasteiger partial charge >= 0.3 is 0 Å². The number of unbranched alkanes of at least 4 members (excludes halogenated alkanes) is 1. The molecule has 1 aliphatic rings. The van der Waals surface area contributed by atoms with Gasteiger partial charge < -0.3 is 4.90 Å². The molecule has 3 rings (SSSR count). The Morgan fingerprint density at radius 2 is 2.08 bits per heavy atom. The Hall–Kier alpha value is -2.19. The van der Waals surface area contributed by atoms with Gasteiger partial charge in [0.1, 0.15) is 15.8 Å². The normalized spacial score (nSPS) is 16.1. The van der Waals surface area contributed by atoms with E-state index >= 15 is 0 Å². The second kappa shape index (κ2) is 7.59. The molecule has 6 nitrogen and oxygen atoms in total. The first-order chi connectivity index (χ1) is 12.4. The average Bonchev–Trinajstić information content (AvgIpc) is 2.88. The predicted octanol–water partition coefficient (Wildman–Crippen LogP) is 2.76. The molecule has 1 saturated heterocycles. The second-order valence-corrected chi connectivity index (χ2v) is 7.84. The molecule has 1 fully saturated rings. The van der Waals surface area contributed by atoms with Gasteiger partial charge in [0, 0.05) is 26.8 Å². The number of rotatable bonds is 5. The summed E-state index contributed by atoms with van der Waals surface area (Å²) in [5.74, 6) is 0.385. The van der Waals surface area contributed by atoms with Crippen molar-refractivity contribution in [3.05, 3.63) is 45.2 Å². The Labute approximate surface area is 161 Å². The van der Waals surface area contributed by atoms with Crippen LogP contribution in [-0.4, -0.2) is 45.2 Å². The highest BCUT2D eigenvalue weighted by Gasteiger charge is 2.32. The minimum absolute atomic E-state index is 0.143. The van der Waals surface area contributed by atoms with Gasteiger partial charge in [0.15, 0.2) is 0 Å². The number of fused-ring (bicyclic) bond motifs is 1. The molecular weight excluding hydrogens is 368 g/mol. The van der Waals surface area contributed by atoms with Crippen LogP contribution in [-0.2, 0) is 4.79 Å². The van der Waals surface area contributed by atoms with Gasteiger partial charge in [0.25, 0.3) is 11.5 Å². The Balaban J connectivity index is 2.11. The van der Waals surface area contributed by atoms with E-state index < -0.39 is 0 Å². The standard InChI is InChI=1S/C18H20N4O2S2/c1-4-5-9-22-17(24)13(26-18(22)25)11-12-15(20(2)3)19-14-8-6-7-10-21(14)16(12)23/h6-8,10-11H,4-5,9H2,1-3H3. The lowest BCUT2D eigenvalue weighted by molar-refractivity contribution is -0.122. The van der Waals surface area contributed by atoms with Crippen LogP contribution in [0.2, 0.25) is 0 Å². The van der Waals surface area contributed by atoms with Gasteiger partial charge in [0.2, 0.25) is 0 Å². The number of thioether (sulfide) groups is 1. The lowest BCUT2D eigenvalue weighted by Crippen LogP contribution is -2.29. The Bertz CT molecular complexity index is 965. The van der Waals surface area contributed by atoms with Crippen molar-refractivity contribution in [2.45, 2.75) is 19.8 Å². The van der Waals surface area contributed by atoms with Crippen molar-refractivity contribution in [2.75, 3.05) is 25.5 Å². The van der Waals surface area contributed by atoms with Gasteiger partial charge in [-0.2, -0.15) is 0 Å². The van der Waals surface area contributed by atoms with Crippen LogP contribution >= 0.6 is 24.0 Å². The third kappa shape index (κ3) is 3.39. The number of anilines is 1. The molecule has 0 unspecified atom stereocenters. The molecule has 0 bridgehead atoms. The maximum Gasteiger partial charge on any atom is 0.267 e. The van der Waals surface area contributed by atoms with E-state index in [1.807, 2.05) is 20.2 Å². The highest BCUT2D eigenvalue weighted by Crippen LogP contribution is 2.33. The van der Waals surface area contributed by atoms with Crippen molar-refractivity contribution in [1.82, 2.24) is 14.3 Å². The third-order valence-corrected chi connectivity index (χ3v) is 5.43. The molecule has 3 heterocycles. The van der Waals surface area contributed by atoms with Crippen LogP contribution in [0.3, 0.4) is 0 Å². The molecule has 0 radical (unpaired) electrons. The van der Waals surface area contributed by atoms with Crippen LogP contribution in [0.5, 0.6) is 0 Å². The molecule has 0 aliphatic carbocycles. The summed E-state index contributed by atoms with van der Waals surface area (Å²) in [5, 5.41) is 0. The average molecular weight is 389 g/mol.